The molecule has 3 aromatic rings. The topological polar surface area (TPSA) is 47.1 Å². The molecule has 4 rings (SSSR count). The average molecular weight is 308 g/mol. The highest BCUT2D eigenvalue weighted by molar-refractivity contribution is 5.79. The van der Waals surface area contributed by atoms with E-state index in [1.165, 1.54) is 5.56 Å². The third-order valence-corrected chi connectivity index (χ3v) is 4.21. The number of imidazole rings is 1. The molecular weight excluding hydrogens is 288 g/mol. The highest BCUT2D eigenvalue weighted by atomic mass is 16.5. The molecule has 1 N–H and O–H groups in total. The molecule has 0 spiro atoms. The van der Waals surface area contributed by atoms with E-state index in [4.69, 9.17) is 9.47 Å². The molecule has 0 aliphatic carbocycles. The van der Waals surface area contributed by atoms with Crippen LogP contribution in [0.5, 0.6) is 0 Å². The van der Waals surface area contributed by atoms with Gasteiger partial charge in [0.1, 0.15) is 5.82 Å². The van der Waals surface area contributed by atoms with Gasteiger partial charge in [-0.15, -0.1) is 0 Å². The Morgan fingerprint density at radius 2 is 2.00 bits per heavy atom. The molecule has 1 aromatic heterocycles. The van der Waals surface area contributed by atoms with Crippen LogP contribution in [-0.4, -0.2) is 29.3 Å². The van der Waals surface area contributed by atoms with Gasteiger partial charge in [0.25, 0.3) is 0 Å². The van der Waals surface area contributed by atoms with Gasteiger partial charge in [-0.2, -0.15) is 0 Å². The summed E-state index contributed by atoms with van der Waals surface area (Å²) in [6.07, 6.45) is 2.55. The van der Waals surface area contributed by atoms with Crippen LogP contribution in [0.4, 0.5) is 0 Å². The van der Waals surface area contributed by atoms with Crippen molar-refractivity contribution in [3.63, 3.8) is 0 Å². The number of aromatic amines is 1. The standard InChI is InChI=1S/C19H20N2O2/c1-2-6-18-17(5-1)20-19(21-18)15-9-7-14(8-10-15)12-22-13-16-4-3-11-23-16/h1-2,5-10,16H,3-4,11-13H2,(H,20,21). The predicted molar refractivity (Wildman–Crippen MR) is 90.2 cm³/mol. The van der Waals surface area contributed by atoms with E-state index in [0.29, 0.717) is 13.2 Å². The van der Waals surface area contributed by atoms with Crippen molar-refractivity contribution in [3.8, 4) is 11.4 Å². The van der Waals surface area contributed by atoms with E-state index in [2.05, 4.69) is 34.2 Å². The zero-order chi connectivity index (χ0) is 15.5. The maximum absolute atomic E-state index is 5.75. The Hall–Kier alpha value is -2.17. The number of rotatable bonds is 5. The molecule has 1 saturated heterocycles. The Bertz CT molecular complexity index is 740. The van der Waals surface area contributed by atoms with E-state index in [0.717, 1.165) is 41.9 Å². The van der Waals surface area contributed by atoms with E-state index in [9.17, 15) is 0 Å². The summed E-state index contributed by atoms with van der Waals surface area (Å²) >= 11 is 0. The highest BCUT2D eigenvalue weighted by Crippen LogP contribution is 2.21. The van der Waals surface area contributed by atoms with Gasteiger partial charge < -0.3 is 14.5 Å². The molecule has 1 aliphatic heterocycles. The normalized spacial score (nSPS) is 17.8. The van der Waals surface area contributed by atoms with Crippen LogP contribution in [0.15, 0.2) is 48.5 Å². The lowest BCUT2D eigenvalue weighted by Gasteiger charge is -2.10. The smallest absolute Gasteiger partial charge is 0.138 e. The summed E-state index contributed by atoms with van der Waals surface area (Å²) in [5.74, 6) is 0.901. The Kier molecular flexibility index (Phi) is 4.09. The molecule has 0 radical (unpaired) electrons. The van der Waals surface area contributed by atoms with Gasteiger partial charge in [-0.05, 0) is 30.5 Å². The molecule has 1 fully saturated rings. The number of fused-ring (bicyclic) bond motifs is 1. The first-order valence-electron chi connectivity index (χ1n) is 8.12. The first-order valence-corrected chi connectivity index (χ1v) is 8.12. The molecule has 4 heteroatoms. The summed E-state index contributed by atoms with van der Waals surface area (Å²) in [5.41, 5.74) is 4.31. The molecule has 1 unspecified atom stereocenters. The SMILES string of the molecule is c1ccc2[nH]c(-c3ccc(COCC4CCCO4)cc3)nc2c1. The molecule has 0 amide bonds. The van der Waals surface area contributed by atoms with Gasteiger partial charge in [0.05, 0.1) is 30.4 Å². The first-order chi connectivity index (χ1) is 11.4. The lowest BCUT2D eigenvalue weighted by atomic mass is 10.1. The molecule has 2 heterocycles. The minimum Gasteiger partial charge on any atom is -0.376 e. The molecule has 0 bridgehead atoms. The van der Waals surface area contributed by atoms with Crippen molar-refractivity contribution < 1.29 is 9.47 Å². The zero-order valence-electron chi connectivity index (χ0n) is 13.0. The van der Waals surface area contributed by atoms with Crippen molar-refractivity contribution in [1.82, 2.24) is 9.97 Å². The van der Waals surface area contributed by atoms with Gasteiger partial charge in [0.15, 0.2) is 0 Å². The molecule has 118 valence electrons. The minimum atomic E-state index is 0.282. The van der Waals surface area contributed by atoms with Crippen molar-refractivity contribution in [2.75, 3.05) is 13.2 Å². The summed E-state index contributed by atoms with van der Waals surface area (Å²) in [5, 5.41) is 0. The maximum atomic E-state index is 5.75. The van der Waals surface area contributed by atoms with Crippen LogP contribution in [0, 0.1) is 0 Å². The van der Waals surface area contributed by atoms with Crippen molar-refractivity contribution in [2.45, 2.75) is 25.6 Å². The number of para-hydroxylation sites is 2. The van der Waals surface area contributed by atoms with E-state index < -0.39 is 0 Å². The second-order valence-corrected chi connectivity index (χ2v) is 5.95. The molecule has 1 aliphatic rings. The number of ether oxygens (including phenoxy) is 2. The number of hydrogen-bond donors (Lipinski definition) is 1. The van der Waals surface area contributed by atoms with Crippen LogP contribution >= 0.6 is 0 Å². The summed E-state index contributed by atoms with van der Waals surface area (Å²) in [4.78, 5) is 7.98. The van der Waals surface area contributed by atoms with Crippen LogP contribution in [-0.2, 0) is 16.1 Å². The van der Waals surface area contributed by atoms with Crippen LogP contribution in [0.3, 0.4) is 0 Å². The number of hydrogen-bond acceptors (Lipinski definition) is 3. The Balaban J connectivity index is 1.40. The summed E-state index contributed by atoms with van der Waals surface area (Å²) in [6, 6.07) is 16.4. The molecule has 4 nitrogen and oxygen atoms in total. The van der Waals surface area contributed by atoms with E-state index in [-0.39, 0.29) is 6.10 Å². The van der Waals surface area contributed by atoms with Gasteiger partial charge in [-0.25, -0.2) is 4.98 Å². The molecule has 2 aromatic carbocycles. The van der Waals surface area contributed by atoms with Crippen LogP contribution in [0.1, 0.15) is 18.4 Å². The van der Waals surface area contributed by atoms with Gasteiger partial charge in [-0.3, -0.25) is 0 Å². The van der Waals surface area contributed by atoms with E-state index >= 15 is 0 Å². The predicted octanol–water partition coefficient (Wildman–Crippen LogP) is 3.93. The minimum absolute atomic E-state index is 0.282. The largest absolute Gasteiger partial charge is 0.376 e. The second kappa shape index (κ2) is 6.52. The maximum Gasteiger partial charge on any atom is 0.138 e. The fourth-order valence-electron chi connectivity index (χ4n) is 2.93. The van der Waals surface area contributed by atoms with Crippen LogP contribution in [0.25, 0.3) is 22.4 Å². The number of nitrogens with zero attached hydrogens (tertiary/aromatic N) is 1. The quantitative estimate of drug-likeness (QED) is 0.777. The summed E-state index contributed by atoms with van der Waals surface area (Å²) in [7, 11) is 0. The monoisotopic (exact) mass is 308 g/mol. The van der Waals surface area contributed by atoms with E-state index in [1.54, 1.807) is 0 Å². The zero-order valence-corrected chi connectivity index (χ0v) is 13.0. The molecular formula is C19H20N2O2. The van der Waals surface area contributed by atoms with Gasteiger partial charge in [0, 0.05) is 12.2 Å². The third-order valence-electron chi connectivity index (χ3n) is 4.21. The van der Waals surface area contributed by atoms with Gasteiger partial charge in [-0.1, -0.05) is 36.4 Å². The lowest BCUT2D eigenvalue weighted by Crippen LogP contribution is -2.13. The molecule has 1 atom stereocenters. The molecule has 0 saturated carbocycles. The summed E-state index contributed by atoms with van der Waals surface area (Å²) in [6.45, 7) is 2.19. The second-order valence-electron chi connectivity index (χ2n) is 5.95. The average Bonchev–Trinajstić information content (AvgIpc) is 3.24. The van der Waals surface area contributed by atoms with Crippen LogP contribution in [0.2, 0.25) is 0 Å². The number of H-pyrrole nitrogens is 1. The van der Waals surface area contributed by atoms with Crippen molar-refractivity contribution in [1.29, 1.82) is 0 Å². The fourth-order valence-corrected chi connectivity index (χ4v) is 2.93. The number of benzene rings is 2. The lowest BCUT2D eigenvalue weighted by molar-refractivity contribution is 0.0106. The number of aromatic nitrogens is 2. The van der Waals surface area contributed by atoms with Crippen molar-refractivity contribution in [2.24, 2.45) is 0 Å². The Labute approximate surface area is 135 Å². The Morgan fingerprint density at radius 1 is 1.13 bits per heavy atom. The van der Waals surface area contributed by atoms with E-state index in [1.807, 2.05) is 24.3 Å². The van der Waals surface area contributed by atoms with Crippen molar-refractivity contribution >= 4 is 11.0 Å². The first kappa shape index (κ1) is 14.4. The Morgan fingerprint density at radius 3 is 2.78 bits per heavy atom. The third kappa shape index (κ3) is 3.28. The fraction of sp³-hybridized carbons (Fsp3) is 0.316. The van der Waals surface area contributed by atoms with Gasteiger partial charge >= 0.3 is 0 Å². The van der Waals surface area contributed by atoms with Gasteiger partial charge in [0.2, 0.25) is 0 Å². The van der Waals surface area contributed by atoms with Crippen molar-refractivity contribution in [3.05, 3.63) is 54.1 Å². The summed E-state index contributed by atoms with van der Waals surface area (Å²) < 4.78 is 11.3. The highest BCUT2D eigenvalue weighted by Gasteiger charge is 2.15. The number of nitrogens with one attached hydrogen (secondary N) is 1. The molecule has 23 heavy (non-hydrogen) atoms. The van der Waals surface area contributed by atoms with Crippen LogP contribution < -0.4 is 0 Å².